The van der Waals surface area contributed by atoms with Crippen molar-refractivity contribution >= 4 is 31.2 Å². The zero-order chi connectivity index (χ0) is 14.9. The van der Waals surface area contributed by atoms with Crippen molar-refractivity contribution in [2.75, 3.05) is 11.9 Å². The first-order chi connectivity index (χ1) is 10.3. The highest BCUT2D eigenvalue weighted by Gasteiger charge is 2.14. The lowest BCUT2D eigenvalue weighted by Crippen LogP contribution is -2.15. The lowest BCUT2D eigenvalue weighted by atomic mass is 10.3. The molecule has 2 aromatic carbocycles. The van der Waals surface area contributed by atoms with E-state index in [0.29, 0.717) is 0 Å². The Morgan fingerprint density at radius 1 is 0.952 bits per heavy atom. The van der Waals surface area contributed by atoms with Gasteiger partial charge in [-0.3, -0.25) is 0 Å². The van der Waals surface area contributed by atoms with E-state index in [0.717, 1.165) is 11.9 Å². The molecule has 0 nitrogen and oxygen atoms in total. The minimum atomic E-state index is -0.364. The minimum absolute atomic E-state index is 0.364. The van der Waals surface area contributed by atoms with Crippen molar-refractivity contribution in [3.8, 4) is 0 Å². The Bertz CT molecular complexity index is 548. The van der Waals surface area contributed by atoms with Crippen LogP contribution in [0.25, 0.3) is 0 Å². The minimum Gasteiger partial charge on any atom is -0.175 e. The molecule has 0 radical (unpaired) electrons. The summed E-state index contributed by atoms with van der Waals surface area (Å²) in [5.41, 5.74) is 1.38. The molecule has 0 aliphatic carbocycles. The zero-order valence-corrected chi connectivity index (χ0v) is 14.1. The fourth-order valence-electron chi connectivity index (χ4n) is 2.14. The summed E-state index contributed by atoms with van der Waals surface area (Å²) in [4.78, 5) is 0. The highest BCUT2D eigenvalue weighted by molar-refractivity contribution is 7.80. The highest BCUT2D eigenvalue weighted by atomic mass is 32.1. The monoisotopic (exact) mass is 312 g/mol. The summed E-state index contributed by atoms with van der Waals surface area (Å²) in [6.45, 7) is 2.05. The Balaban J connectivity index is 2.33. The molecule has 0 saturated carbocycles. The molecular weight excluding hydrogens is 291 g/mol. The van der Waals surface area contributed by atoms with Crippen molar-refractivity contribution in [3.63, 3.8) is 0 Å². The van der Waals surface area contributed by atoms with Crippen LogP contribution in [0.4, 0.5) is 0 Å². The standard InChI is InChI=1S/C19H21PS/c1-2-3-10-17(16-21)15-20(18-11-6-4-7-12-18)19-13-8-5-9-14-19/h2-14,21H,15-16H2,1H3/b3-2-,17-10-. The van der Waals surface area contributed by atoms with Crippen LogP contribution >= 0.6 is 20.6 Å². The van der Waals surface area contributed by atoms with Crippen LogP contribution in [-0.2, 0) is 0 Å². The summed E-state index contributed by atoms with van der Waals surface area (Å²) in [6, 6.07) is 21.6. The molecule has 0 heterocycles. The Kier molecular flexibility index (Phi) is 6.79. The first-order valence-electron chi connectivity index (χ1n) is 7.14. The number of rotatable bonds is 6. The fraction of sp³-hybridized carbons (Fsp3) is 0.158. The topological polar surface area (TPSA) is 0 Å². The van der Waals surface area contributed by atoms with E-state index < -0.39 is 0 Å². The van der Waals surface area contributed by atoms with Gasteiger partial charge >= 0.3 is 0 Å². The van der Waals surface area contributed by atoms with E-state index in [-0.39, 0.29) is 7.92 Å². The van der Waals surface area contributed by atoms with E-state index in [1.807, 2.05) is 6.92 Å². The summed E-state index contributed by atoms with van der Waals surface area (Å²) in [6.07, 6.45) is 7.44. The molecule has 108 valence electrons. The van der Waals surface area contributed by atoms with Gasteiger partial charge in [0.2, 0.25) is 0 Å². The molecule has 0 aromatic heterocycles. The normalized spacial score (nSPS) is 12.2. The maximum absolute atomic E-state index is 4.50. The van der Waals surface area contributed by atoms with Gasteiger partial charge < -0.3 is 0 Å². The fourth-order valence-corrected chi connectivity index (χ4v) is 4.88. The largest absolute Gasteiger partial charge is 0.175 e. The molecule has 0 amide bonds. The molecule has 21 heavy (non-hydrogen) atoms. The van der Waals surface area contributed by atoms with Gasteiger partial charge in [-0.15, -0.1) is 0 Å². The first kappa shape index (κ1) is 16.1. The number of hydrogen-bond acceptors (Lipinski definition) is 1. The maximum atomic E-state index is 4.50. The Hall–Kier alpha value is -1.30. The summed E-state index contributed by atoms with van der Waals surface area (Å²) in [5, 5.41) is 2.85. The number of benzene rings is 2. The molecule has 2 heteroatoms. The van der Waals surface area contributed by atoms with Crippen LogP contribution in [0.2, 0.25) is 0 Å². The predicted octanol–water partition coefficient (Wildman–Crippen LogP) is 4.55. The third-order valence-electron chi connectivity index (χ3n) is 3.22. The Morgan fingerprint density at radius 3 is 1.90 bits per heavy atom. The Morgan fingerprint density at radius 2 is 1.48 bits per heavy atom. The summed E-state index contributed by atoms with van der Waals surface area (Å²) < 4.78 is 0. The van der Waals surface area contributed by atoms with Crippen LogP contribution in [0.3, 0.4) is 0 Å². The average molecular weight is 312 g/mol. The van der Waals surface area contributed by atoms with Crippen LogP contribution in [0.5, 0.6) is 0 Å². The van der Waals surface area contributed by atoms with Gasteiger partial charge in [0, 0.05) is 5.75 Å². The molecule has 0 bridgehead atoms. The number of hydrogen-bond donors (Lipinski definition) is 1. The third kappa shape index (κ3) is 4.88. The molecule has 2 rings (SSSR count). The smallest absolute Gasteiger partial charge is 0.0119 e. The SMILES string of the molecule is C/C=C\C=C(/CS)CP(c1ccccc1)c1ccccc1. The molecule has 0 saturated heterocycles. The lowest BCUT2D eigenvalue weighted by Gasteiger charge is -2.19. The van der Waals surface area contributed by atoms with Gasteiger partial charge in [0.1, 0.15) is 0 Å². The Labute approximate surface area is 134 Å². The molecule has 0 N–H and O–H groups in total. The second kappa shape index (κ2) is 8.87. The molecule has 0 spiro atoms. The highest BCUT2D eigenvalue weighted by Crippen LogP contribution is 2.35. The number of thiol groups is 1. The maximum Gasteiger partial charge on any atom is 0.0119 e. The predicted molar refractivity (Wildman–Crippen MR) is 101 cm³/mol. The van der Waals surface area contributed by atoms with Crippen molar-refractivity contribution in [1.29, 1.82) is 0 Å². The van der Waals surface area contributed by atoms with Crippen molar-refractivity contribution in [3.05, 3.63) is 84.5 Å². The van der Waals surface area contributed by atoms with E-state index >= 15 is 0 Å². The molecule has 2 aromatic rings. The van der Waals surface area contributed by atoms with Crippen molar-refractivity contribution < 1.29 is 0 Å². The van der Waals surface area contributed by atoms with Crippen molar-refractivity contribution in [2.45, 2.75) is 6.92 Å². The third-order valence-corrected chi connectivity index (χ3v) is 6.20. The second-order valence-electron chi connectivity index (χ2n) is 4.77. The molecule has 0 atom stereocenters. The second-order valence-corrected chi connectivity index (χ2v) is 7.29. The van der Waals surface area contributed by atoms with E-state index in [4.69, 9.17) is 0 Å². The quantitative estimate of drug-likeness (QED) is 0.451. The van der Waals surface area contributed by atoms with E-state index in [2.05, 4.69) is 91.5 Å². The van der Waals surface area contributed by atoms with E-state index in [1.165, 1.54) is 16.2 Å². The summed E-state index contributed by atoms with van der Waals surface area (Å²) >= 11 is 4.50. The molecule has 0 unspecified atom stereocenters. The first-order valence-corrected chi connectivity index (χ1v) is 9.30. The van der Waals surface area contributed by atoms with Gasteiger partial charge in [0.25, 0.3) is 0 Å². The van der Waals surface area contributed by atoms with Gasteiger partial charge in [-0.05, 0) is 31.6 Å². The lowest BCUT2D eigenvalue weighted by molar-refractivity contribution is 1.42. The molecule has 0 aliphatic rings. The number of allylic oxidation sites excluding steroid dienone is 3. The van der Waals surface area contributed by atoms with Gasteiger partial charge in [-0.2, -0.15) is 12.6 Å². The van der Waals surface area contributed by atoms with Crippen LogP contribution < -0.4 is 10.6 Å². The van der Waals surface area contributed by atoms with Crippen molar-refractivity contribution in [2.24, 2.45) is 0 Å². The van der Waals surface area contributed by atoms with Gasteiger partial charge in [0.05, 0.1) is 0 Å². The molecule has 0 aliphatic heterocycles. The summed E-state index contributed by atoms with van der Waals surface area (Å²) in [7, 11) is -0.364. The van der Waals surface area contributed by atoms with E-state index in [9.17, 15) is 0 Å². The van der Waals surface area contributed by atoms with Gasteiger partial charge in [0.15, 0.2) is 0 Å². The van der Waals surface area contributed by atoms with Gasteiger partial charge in [-0.25, -0.2) is 0 Å². The average Bonchev–Trinajstić information content (AvgIpc) is 2.57. The molecular formula is C19H21PS. The van der Waals surface area contributed by atoms with Crippen molar-refractivity contribution in [1.82, 2.24) is 0 Å². The van der Waals surface area contributed by atoms with Crippen LogP contribution in [0.1, 0.15) is 6.92 Å². The summed E-state index contributed by atoms with van der Waals surface area (Å²) in [5.74, 6) is 0.808. The van der Waals surface area contributed by atoms with Crippen LogP contribution in [0.15, 0.2) is 84.5 Å². The van der Waals surface area contributed by atoms with Gasteiger partial charge in [-0.1, -0.05) is 84.5 Å². The molecule has 0 fully saturated rings. The van der Waals surface area contributed by atoms with Crippen LogP contribution in [0, 0.1) is 0 Å². The van der Waals surface area contributed by atoms with Crippen LogP contribution in [-0.4, -0.2) is 11.9 Å². The van der Waals surface area contributed by atoms with E-state index in [1.54, 1.807) is 0 Å². The zero-order valence-electron chi connectivity index (χ0n) is 12.3.